The lowest BCUT2D eigenvalue weighted by Crippen LogP contribution is -2.25. The Labute approximate surface area is 97.2 Å². The molecule has 0 saturated heterocycles. The predicted molar refractivity (Wildman–Crippen MR) is 68.3 cm³/mol. The molecule has 0 aliphatic carbocycles. The third-order valence-electron chi connectivity index (χ3n) is 3.14. The zero-order chi connectivity index (χ0) is 11.5. The van der Waals surface area contributed by atoms with Gasteiger partial charge in [0.2, 0.25) is 0 Å². The third kappa shape index (κ3) is 2.23. The smallest absolute Gasteiger partial charge is 0.121 e. The Bertz CT molecular complexity index is 363. The molecule has 3 nitrogen and oxygen atoms in total. The second kappa shape index (κ2) is 4.64. The maximum atomic E-state index is 5.23. The van der Waals surface area contributed by atoms with Crippen molar-refractivity contribution in [3.8, 4) is 5.75 Å². The molecule has 0 amide bonds. The molecule has 1 unspecified atom stereocenters. The van der Waals surface area contributed by atoms with Gasteiger partial charge in [0.05, 0.1) is 18.5 Å². The van der Waals surface area contributed by atoms with Crippen LogP contribution in [0.5, 0.6) is 5.75 Å². The van der Waals surface area contributed by atoms with E-state index in [0.717, 1.165) is 24.4 Å². The van der Waals surface area contributed by atoms with Crippen LogP contribution in [-0.4, -0.2) is 19.7 Å². The summed E-state index contributed by atoms with van der Waals surface area (Å²) in [6, 6.07) is 6.67. The fraction of sp³-hybridized carbons (Fsp3) is 0.538. The normalized spacial score (nSPS) is 19.4. The first-order valence-corrected chi connectivity index (χ1v) is 5.89. The van der Waals surface area contributed by atoms with Crippen molar-refractivity contribution in [1.82, 2.24) is 0 Å². The highest BCUT2D eigenvalue weighted by molar-refractivity contribution is 5.71. The molecule has 0 aromatic heterocycles. The lowest BCUT2D eigenvalue weighted by molar-refractivity contribution is 0.415. The Balaban J connectivity index is 2.24. The fourth-order valence-electron chi connectivity index (χ4n) is 2.06. The Kier molecular flexibility index (Phi) is 3.22. The predicted octanol–water partition coefficient (Wildman–Crippen LogP) is 2.95. The third-order valence-corrected chi connectivity index (χ3v) is 3.14. The van der Waals surface area contributed by atoms with Crippen LogP contribution in [0.3, 0.4) is 0 Å². The van der Waals surface area contributed by atoms with Gasteiger partial charge in [0, 0.05) is 18.7 Å². The summed E-state index contributed by atoms with van der Waals surface area (Å²) in [4.78, 5) is 0. The molecular formula is C13H20N2O. The van der Waals surface area contributed by atoms with Gasteiger partial charge >= 0.3 is 0 Å². The highest BCUT2D eigenvalue weighted by atomic mass is 16.5. The Morgan fingerprint density at radius 2 is 2.12 bits per heavy atom. The van der Waals surface area contributed by atoms with E-state index < -0.39 is 0 Å². The monoisotopic (exact) mass is 220 g/mol. The summed E-state index contributed by atoms with van der Waals surface area (Å²) in [5.74, 6) is 1.55. The van der Waals surface area contributed by atoms with Crippen molar-refractivity contribution < 1.29 is 4.74 Å². The topological polar surface area (TPSA) is 33.3 Å². The van der Waals surface area contributed by atoms with Gasteiger partial charge in [-0.25, -0.2) is 0 Å². The van der Waals surface area contributed by atoms with Crippen LogP contribution in [0, 0.1) is 5.92 Å². The number of ether oxygens (including phenoxy) is 1. The largest absolute Gasteiger partial charge is 0.497 e. The minimum absolute atomic E-state index is 0.544. The van der Waals surface area contributed by atoms with Crippen molar-refractivity contribution in [1.29, 1.82) is 0 Å². The maximum absolute atomic E-state index is 5.23. The van der Waals surface area contributed by atoms with E-state index in [9.17, 15) is 0 Å². The van der Waals surface area contributed by atoms with Crippen LogP contribution in [0.1, 0.15) is 20.3 Å². The van der Waals surface area contributed by atoms with Gasteiger partial charge in [-0.15, -0.1) is 0 Å². The Hall–Kier alpha value is -1.38. The fourth-order valence-corrected chi connectivity index (χ4v) is 2.06. The molecule has 1 aromatic rings. The van der Waals surface area contributed by atoms with Crippen molar-refractivity contribution in [2.75, 3.05) is 24.3 Å². The van der Waals surface area contributed by atoms with Crippen LogP contribution in [0.2, 0.25) is 0 Å². The highest BCUT2D eigenvalue weighted by Crippen LogP contribution is 2.30. The van der Waals surface area contributed by atoms with Gasteiger partial charge in [-0.1, -0.05) is 13.8 Å². The highest BCUT2D eigenvalue weighted by Gasteiger charge is 2.18. The van der Waals surface area contributed by atoms with Gasteiger partial charge in [-0.05, 0) is 24.5 Å². The van der Waals surface area contributed by atoms with E-state index >= 15 is 0 Å². The Morgan fingerprint density at radius 1 is 1.31 bits per heavy atom. The van der Waals surface area contributed by atoms with E-state index in [1.54, 1.807) is 7.11 Å². The van der Waals surface area contributed by atoms with Gasteiger partial charge in [0.1, 0.15) is 5.75 Å². The second-order valence-electron chi connectivity index (χ2n) is 4.62. The molecule has 0 radical (unpaired) electrons. The van der Waals surface area contributed by atoms with E-state index in [2.05, 4.69) is 30.5 Å². The van der Waals surface area contributed by atoms with Crippen LogP contribution in [-0.2, 0) is 0 Å². The molecule has 3 heteroatoms. The number of benzene rings is 1. The maximum Gasteiger partial charge on any atom is 0.121 e. The van der Waals surface area contributed by atoms with E-state index in [4.69, 9.17) is 4.74 Å². The van der Waals surface area contributed by atoms with E-state index in [1.807, 2.05) is 12.1 Å². The molecule has 0 spiro atoms. The molecule has 1 heterocycles. The standard InChI is InChI=1S/C13H20N2O/c1-9(2)11-6-7-14-13-8-10(16-3)4-5-12(13)15-11/h4-5,8-9,11,14-15H,6-7H2,1-3H3. The molecule has 88 valence electrons. The van der Waals surface area contributed by atoms with Crippen LogP contribution in [0.25, 0.3) is 0 Å². The first-order chi connectivity index (χ1) is 7.70. The van der Waals surface area contributed by atoms with Crippen molar-refractivity contribution in [2.45, 2.75) is 26.3 Å². The summed E-state index contributed by atoms with van der Waals surface area (Å²) < 4.78 is 5.23. The van der Waals surface area contributed by atoms with Crippen LogP contribution in [0.4, 0.5) is 11.4 Å². The average Bonchev–Trinajstić information content (AvgIpc) is 2.49. The first-order valence-electron chi connectivity index (χ1n) is 5.89. The zero-order valence-electron chi connectivity index (χ0n) is 10.2. The Morgan fingerprint density at radius 3 is 2.81 bits per heavy atom. The van der Waals surface area contributed by atoms with Gasteiger partial charge in [-0.2, -0.15) is 0 Å². The number of hydrogen-bond donors (Lipinski definition) is 2. The van der Waals surface area contributed by atoms with Gasteiger partial charge in [-0.3, -0.25) is 0 Å². The molecule has 0 bridgehead atoms. The summed E-state index contributed by atoms with van der Waals surface area (Å²) >= 11 is 0. The van der Waals surface area contributed by atoms with Crippen LogP contribution in [0.15, 0.2) is 18.2 Å². The number of anilines is 2. The first kappa shape index (κ1) is 11.1. The molecule has 0 saturated carbocycles. The lowest BCUT2D eigenvalue weighted by atomic mass is 10.0. The number of rotatable bonds is 2. The van der Waals surface area contributed by atoms with Crippen molar-refractivity contribution in [3.63, 3.8) is 0 Å². The number of nitrogens with one attached hydrogen (secondary N) is 2. The average molecular weight is 220 g/mol. The van der Waals surface area contributed by atoms with Crippen molar-refractivity contribution in [2.24, 2.45) is 5.92 Å². The number of hydrogen-bond acceptors (Lipinski definition) is 3. The van der Waals surface area contributed by atoms with Crippen LogP contribution < -0.4 is 15.4 Å². The summed E-state index contributed by atoms with van der Waals surface area (Å²) in [6.07, 6.45) is 1.15. The summed E-state index contributed by atoms with van der Waals surface area (Å²) in [7, 11) is 1.70. The minimum Gasteiger partial charge on any atom is -0.497 e. The number of methoxy groups -OCH3 is 1. The minimum atomic E-state index is 0.544. The molecule has 1 atom stereocenters. The molecule has 1 aromatic carbocycles. The van der Waals surface area contributed by atoms with E-state index in [0.29, 0.717) is 12.0 Å². The number of fused-ring (bicyclic) bond motifs is 1. The molecule has 1 aliphatic rings. The van der Waals surface area contributed by atoms with Crippen LogP contribution >= 0.6 is 0 Å². The zero-order valence-corrected chi connectivity index (χ0v) is 10.2. The SMILES string of the molecule is COc1ccc2c(c1)NCCC(C(C)C)N2. The van der Waals surface area contributed by atoms with E-state index in [-0.39, 0.29) is 0 Å². The summed E-state index contributed by atoms with van der Waals surface area (Å²) in [5, 5.41) is 7.03. The summed E-state index contributed by atoms with van der Waals surface area (Å²) in [5.41, 5.74) is 2.32. The van der Waals surface area contributed by atoms with Gasteiger partial charge in [0.25, 0.3) is 0 Å². The van der Waals surface area contributed by atoms with Crippen molar-refractivity contribution in [3.05, 3.63) is 18.2 Å². The second-order valence-corrected chi connectivity index (χ2v) is 4.62. The molecule has 1 aliphatic heterocycles. The van der Waals surface area contributed by atoms with Gasteiger partial charge < -0.3 is 15.4 Å². The van der Waals surface area contributed by atoms with Crippen molar-refractivity contribution >= 4 is 11.4 Å². The molecule has 2 rings (SSSR count). The summed E-state index contributed by atoms with van der Waals surface area (Å²) in [6.45, 7) is 5.52. The van der Waals surface area contributed by atoms with E-state index in [1.165, 1.54) is 5.69 Å². The molecule has 16 heavy (non-hydrogen) atoms. The molecule has 0 fully saturated rings. The lowest BCUT2D eigenvalue weighted by Gasteiger charge is -2.21. The quantitative estimate of drug-likeness (QED) is 0.804. The molecule has 2 N–H and O–H groups in total. The van der Waals surface area contributed by atoms with Gasteiger partial charge in [0.15, 0.2) is 0 Å². The molecular weight excluding hydrogens is 200 g/mol.